The third kappa shape index (κ3) is 17.6. The first-order valence-corrected chi connectivity index (χ1v) is 3.90. The summed E-state index contributed by atoms with van der Waals surface area (Å²) in [5.74, 6) is -0.229. The highest BCUT2D eigenvalue weighted by atomic mass is 16.1. The van der Waals surface area contributed by atoms with Crippen LogP contribution in [0.2, 0.25) is 0 Å². The van der Waals surface area contributed by atoms with Crippen LogP contribution in [0.15, 0.2) is 0 Å². The van der Waals surface area contributed by atoms with Crippen molar-refractivity contribution in [3.8, 4) is 0 Å². The molecule has 0 atom stereocenters. The van der Waals surface area contributed by atoms with Crippen LogP contribution in [0.1, 0.15) is 41.5 Å². The van der Waals surface area contributed by atoms with E-state index in [4.69, 9.17) is 5.73 Å². The smallest absolute Gasteiger partial charge is 0.217 e. The van der Waals surface area contributed by atoms with Gasteiger partial charge in [0.2, 0.25) is 5.91 Å². The predicted molar refractivity (Wildman–Crippen MR) is 47.2 cm³/mol. The van der Waals surface area contributed by atoms with Gasteiger partial charge < -0.3 is 10.5 Å². The Labute approximate surface area is 69.4 Å². The molecule has 0 aromatic carbocycles. The number of primary amides is 1. The number of amides is 1. The molecule has 0 aliphatic rings. The molecule has 0 aromatic rings. The number of nitrogens with two attached hydrogens (primary N) is 1. The maximum absolute atomic E-state index is 10.3. The second-order valence-corrected chi connectivity index (χ2v) is 2.02. The molecule has 3 nitrogen and oxygen atoms in total. The zero-order valence-corrected chi connectivity index (χ0v) is 7.52. The van der Waals surface area contributed by atoms with Crippen molar-refractivity contribution in [2.75, 3.05) is 0 Å². The van der Waals surface area contributed by atoms with Crippen LogP contribution < -0.4 is 5.73 Å². The highest BCUT2D eigenvalue weighted by molar-refractivity contribution is 5.77. The molecule has 0 aliphatic heterocycles. The van der Waals surface area contributed by atoms with Crippen LogP contribution in [0.5, 0.6) is 0 Å². The number of carbonyl (C=O) groups is 2. The van der Waals surface area contributed by atoms with Gasteiger partial charge in [-0.3, -0.25) is 4.79 Å². The summed E-state index contributed by atoms with van der Waals surface area (Å²) in [5, 5.41) is 0. The summed E-state index contributed by atoms with van der Waals surface area (Å²) >= 11 is 0. The van der Waals surface area contributed by atoms with Crippen LogP contribution >= 0.6 is 0 Å². The molecule has 2 N–H and O–H groups in total. The van der Waals surface area contributed by atoms with Crippen molar-refractivity contribution in [1.82, 2.24) is 0 Å². The molecule has 0 rings (SSSR count). The van der Waals surface area contributed by atoms with Crippen molar-refractivity contribution in [3.63, 3.8) is 0 Å². The summed E-state index contributed by atoms with van der Waals surface area (Å²) < 4.78 is 0. The molecule has 0 fully saturated rings. The van der Waals surface area contributed by atoms with E-state index in [1.807, 2.05) is 13.8 Å². The molecule has 1 amide bonds. The molecule has 0 aliphatic carbocycles. The average Bonchev–Trinajstić information content (AvgIpc) is 1.90. The Bertz CT molecular complexity index is 112. The van der Waals surface area contributed by atoms with Gasteiger partial charge in [0.25, 0.3) is 0 Å². The normalized spacial score (nSPS) is 7.91. The topological polar surface area (TPSA) is 60.2 Å². The van der Waals surface area contributed by atoms with E-state index in [0.717, 1.165) is 0 Å². The van der Waals surface area contributed by atoms with Crippen molar-refractivity contribution in [3.05, 3.63) is 0 Å². The van der Waals surface area contributed by atoms with E-state index >= 15 is 0 Å². The summed E-state index contributed by atoms with van der Waals surface area (Å²) in [6.45, 7) is 5.50. The standard InChI is InChI=1S/C6H11NO2.C2H6.H2/c1-5(8)3-2-4-6(7)9;1-2;/h2-4H2,1H3,(H2,7,9);1-2H3;1H. The van der Waals surface area contributed by atoms with E-state index in [1.54, 1.807) is 0 Å². The molecule has 0 spiro atoms. The van der Waals surface area contributed by atoms with Crippen molar-refractivity contribution in [2.24, 2.45) is 5.73 Å². The molecule has 0 saturated heterocycles. The summed E-state index contributed by atoms with van der Waals surface area (Å²) in [6, 6.07) is 0. The fraction of sp³-hybridized carbons (Fsp3) is 0.750. The van der Waals surface area contributed by atoms with Crippen LogP contribution in [0, 0.1) is 0 Å². The lowest BCUT2D eigenvalue weighted by Crippen LogP contribution is -2.10. The lowest BCUT2D eigenvalue weighted by Gasteiger charge is -1.90. The van der Waals surface area contributed by atoms with Crippen molar-refractivity contribution in [1.29, 1.82) is 0 Å². The number of Topliss-reactive ketones (excluding diaryl/α,β-unsaturated/α-hetero) is 1. The van der Waals surface area contributed by atoms with Gasteiger partial charge in [0.1, 0.15) is 5.78 Å². The Morgan fingerprint density at radius 2 is 1.73 bits per heavy atom. The Hall–Kier alpha value is -0.860. The van der Waals surface area contributed by atoms with Gasteiger partial charge in [-0.15, -0.1) is 0 Å². The van der Waals surface area contributed by atoms with Gasteiger partial charge in [0, 0.05) is 14.3 Å². The number of carbonyl (C=O) groups excluding carboxylic acids is 2. The summed E-state index contributed by atoms with van der Waals surface area (Å²) in [6.07, 6.45) is 1.37. The quantitative estimate of drug-likeness (QED) is 0.679. The molecule has 0 heterocycles. The van der Waals surface area contributed by atoms with Crippen LogP contribution in [0.4, 0.5) is 0 Å². The minimum atomic E-state index is -0.337. The fourth-order valence-electron chi connectivity index (χ4n) is 0.512. The lowest BCUT2D eigenvalue weighted by atomic mass is 10.2. The second-order valence-electron chi connectivity index (χ2n) is 2.02. The van der Waals surface area contributed by atoms with E-state index in [1.165, 1.54) is 6.92 Å². The molecule has 68 valence electrons. The fourth-order valence-corrected chi connectivity index (χ4v) is 0.512. The largest absolute Gasteiger partial charge is 0.370 e. The maximum atomic E-state index is 10.3. The summed E-state index contributed by atoms with van der Waals surface area (Å²) in [4.78, 5) is 20.4. The van der Waals surface area contributed by atoms with Gasteiger partial charge in [-0.1, -0.05) is 13.8 Å². The number of rotatable bonds is 4. The molecule has 0 bridgehead atoms. The summed E-state index contributed by atoms with van der Waals surface area (Å²) in [5.41, 5.74) is 4.83. The highest BCUT2D eigenvalue weighted by Gasteiger charge is 1.95. The van der Waals surface area contributed by atoms with Crippen molar-refractivity contribution < 1.29 is 11.0 Å². The second kappa shape index (κ2) is 9.14. The van der Waals surface area contributed by atoms with Gasteiger partial charge in [-0.2, -0.15) is 0 Å². The van der Waals surface area contributed by atoms with Crippen LogP contribution in [0.25, 0.3) is 0 Å². The number of ketones is 1. The Balaban J connectivity index is -0.000000249. The zero-order chi connectivity index (χ0) is 9.28. The third-order valence-corrected chi connectivity index (χ3v) is 0.952. The molecule has 11 heavy (non-hydrogen) atoms. The molecular weight excluding hydrogens is 142 g/mol. The van der Waals surface area contributed by atoms with Crippen LogP contribution in [-0.4, -0.2) is 11.7 Å². The van der Waals surface area contributed by atoms with E-state index in [2.05, 4.69) is 0 Å². The number of hydrogen-bond donors (Lipinski definition) is 1. The minimum absolute atomic E-state index is 0. The van der Waals surface area contributed by atoms with Gasteiger partial charge in [-0.05, 0) is 13.3 Å². The molecule has 0 unspecified atom stereocenters. The Morgan fingerprint density at radius 1 is 1.27 bits per heavy atom. The first kappa shape index (κ1) is 12.8. The first-order valence-electron chi connectivity index (χ1n) is 3.90. The van der Waals surface area contributed by atoms with Gasteiger partial charge >= 0.3 is 0 Å². The SMILES string of the molecule is CC.CC(=O)CCCC(N)=O.[HH]. The van der Waals surface area contributed by atoms with E-state index in [0.29, 0.717) is 19.3 Å². The van der Waals surface area contributed by atoms with Crippen molar-refractivity contribution >= 4 is 11.7 Å². The number of hydrogen-bond acceptors (Lipinski definition) is 2. The summed E-state index contributed by atoms with van der Waals surface area (Å²) in [7, 11) is 0. The first-order chi connectivity index (χ1) is 5.13. The van der Waals surface area contributed by atoms with Crippen LogP contribution in [0.3, 0.4) is 0 Å². The third-order valence-electron chi connectivity index (χ3n) is 0.952. The maximum Gasteiger partial charge on any atom is 0.217 e. The monoisotopic (exact) mass is 161 g/mol. The minimum Gasteiger partial charge on any atom is -0.370 e. The zero-order valence-electron chi connectivity index (χ0n) is 7.52. The molecular formula is C8H19NO2. The van der Waals surface area contributed by atoms with E-state index in [9.17, 15) is 9.59 Å². The van der Waals surface area contributed by atoms with Gasteiger partial charge in [-0.25, -0.2) is 0 Å². The molecule has 0 radical (unpaired) electrons. The lowest BCUT2D eigenvalue weighted by molar-refractivity contribution is -0.118. The Morgan fingerprint density at radius 3 is 2.00 bits per heavy atom. The average molecular weight is 161 g/mol. The van der Waals surface area contributed by atoms with Crippen LogP contribution in [-0.2, 0) is 9.59 Å². The van der Waals surface area contributed by atoms with Crippen molar-refractivity contribution in [2.45, 2.75) is 40.0 Å². The van der Waals surface area contributed by atoms with E-state index < -0.39 is 0 Å². The molecule has 0 saturated carbocycles. The Kier molecular flexibility index (Phi) is 10.6. The van der Waals surface area contributed by atoms with E-state index in [-0.39, 0.29) is 13.1 Å². The van der Waals surface area contributed by atoms with Gasteiger partial charge in [0.15, 0.2) is 0 Å². The van der Waals surface area contributed by atoms with Gasteiger partial charge in [0.05, 0.1) is 0 Å². The molecule has 0 aromatic heterocycles. The highest BCUT2D eigenvalue weighted by Crippen LogP contribution is 1.93. The predicted octanol–water partition coefficient (Wildman–Crippen LogP) is 1.50. The molecule has 3 heteroatoms.